The third kappa shape index (κ3) is 6.84. The third-order valence-electron chi connectivity index (χ3n) is 5.40. The Morgan fingerprint density at radius 3 is 2.43 bits per heavy atom. The van der Waals surface area contributed by atoms with Gasteiger partial charge in [0.15, 0.2) is 0 Å². The minimum absolute atomic E-state index is 0.0577. The van der Waals surface area contributed by atoms with Crippen molar-refractivity contribution in [3.63, 3.8) is 0 Å². The standard InChI is InChI=1S/C24H25BrN2O5S.C2H2/c1-3-16(2)6-10-19-5-4-14-27(19)33(31,32)20-11-7-17(8-12-20)23(28)26-22-13-9-18(25)15-21(22)24(29)30;1-2/h6-13,15H,3-5,14H2,1-2H3,(H,26,28)(H,29,30);1-2H/b16-6+,19-10+;. The van der Waals surface area contributed by atoms with Gasteiger partial charge in [0.2, 0.25) is 0 Å². The third-order valence-corrected chi connectivity index (χ3v) is 7.76. The molecule has 0 spiro atoms. The SMILES string of the molecule is C#C.CC/C(C)=C/C=C1\CCCN1S(=O)(=O)c1ccc(C(=O)Nc2ccc(Br)cc2C(=O)O)cc1. The number of carboxylic acid groups (broad SMARTS) is 1. The van der Waals surface area contributed by atoms with Gasteiger partial charge in [-0.3, -0.25) is 9.10 Å². The summed E-state index contributed by atoms with van der Waals surface area (Å²) in [4.78, 5) is 24.2. The molecule has 2 aromatic rings. The van der Waals surface area contributed by atoms with Crippen molar-refractivity contribution >= 4 is 43.5 Å². The van der Waals surface area contributed by atoms with Crippen LogP contribution in [0.1, 0.15) is 53.8 Å². The Kier molecular flexibility index (Phi) is 9.87. The van der Waals surface area contributed by atoms with E-state index in [1.807, 2.05) is 26.0 Å². The number of allylic oxidation sites excluding steroid dienone is 4. The quantitative estimate of drug-likeness (QED) is 0.426. The van der Waals surface area contributed by atoms with Crippen molar-refractivity contribution in [3.05, 3.63) is 81.5 Å². The molecule has 3 rings (SSSR count). The number of halogens is 1. The van der Waals surface area contributed by atoms with E-state index in [4.69, 9.17) is 0 Å². The highest BCUT2D eigenvalue weighted by atomic mass is 79.9. The first-order chi connectivity index (χ1) is 16.6. The number of rotatable bonds is 7. The number of benzene rings is 2. The minimum atomic E-state index is -3.75. The summed E-state index contributed by atoms with van der Waals surface area (Å²) in [6.07, 6.45) is 14.2. The maximum absolute atomic E-state index is 13.2. The molecule has 0 unspecified atom stereocenters. The van der Waals surface area contributed by atoms with Gasteiger partial charge in [-0.25, -0.2) is 13.2 Å². The molecule has 1 fully saturated rings. The van der Waals surface area contributed by atoms with Gasteiger partial charge in [0.25, 0.3) is 15.9 Å². The number of carbonyl (C=O) groups is 2. The van der Waals surface area contributed by atoms with Gasteiger partial charge >= 0.3 is 5.97 Å². The summed E-state index contributed by atoms with van der Waals surface area (Å²) in [5.74, 6) is -1.71. The average Bonchev–Trinajstić information content (AvgIpc) is 3.34. The van der Waals surface area contributed by atoms with Gasteiger partial charge < -0.3 is 10.4 Å². The van der Waals surface area contributed by atoms with Crippen LogP contribution in [-0.4, -0.2) is 36.3 Å². The van der Waals surface area contributed by atoms with Crippen molar-refractivity contribution in [2.75, 3.05) is 11.9 Å². The predicted octanol–water partition coefficient (Wildman–Crippen LogP) is 5.67. The van der Waals surface area contributed by atoms with Crippen LogP contribution in [0.2, 0.25) is 0 Å². The van der Waals surface area contributed by atoms with Crippen molar-refractivity contribution in [2.45, 2.75) is 38.0 Å². The average molecular weight is 559 g/mol. The van der Waals surface area contributed by atoms with Crippen molar-refractivity contribution in [3.8, 4) is 12.8 Å². The molecule has 0 atom stereocenters. The maximum atomic E-state index is 13.2. The molecule has 35 heavy (non-hydrogen) atoms. The number of nitrogens with zero attached hydrogens (tertiary/aromatic N) is 1. The van der Waals surface area contributed by atoms with E-state index in [2.05, 4.69) is 34.1 Å². The molecule has 2 aromatic carbocycles. The van der Waals surface area contributed by atoms with Gasteiger partial charge in [-0.1, -0.05) is 34.5 Å². The summed E-state index contributed by atoms with van der Waals surface area (Å²) in [6.45, 7) is 4.46. The van der Waals surface area contributed by atoms with Gasteiger partial charge in [-0.05, 0) is 74.7 Å². The minimum Gasteiger partial charge on any atom is -0.478 e. The van der Waals surface area contributed by atoms with Crippen molar-refractivity contribution in [2.24, 2.45) is 0 Å². The second-order valence-corrected chi connectivity index (χ2v) is 10.5. The largest absolute Gasteiger partial charge is 0.478 e. The molecule has 1 heterocycles. The lowest BCUT2D eigenvalue weighted by Gasteiger charge is -2.20. The molecule has 1 saturated heterocycles. The van der Waals surface area contributed by atoms with E-state index >= 15 is 0 Å². The molecule has 9 heteroatoms. The molecule has 0 aliphatic carbocycles. The number of hydrogen-bond donors (Lipinski definition) is 2. The molecule has 2 N–H and O–H groups in total. The van der Waals surface area contributed by atoms with Gasteiger partial charge in [0.1, 0.15) is 0 Å². The Balaban J connectivity index is 0.00000210. The molecule has 0 saturated carbocycles. The van der Waals surface area contributed by atoms with Crippen LogP contribution in [0, 0.1) is 12.8 Å². The van der Waals surface area contributed by atoms with Crippen LogP contribution in [0.4, 0.5) is 5.69 Å². The lowest BCUT2D eigenvalue weighted by molar-refractivity contribution is 0.0698. The van der Waals surface area contributed by atoms with Crippen LogP contribution < -0.4 is 5.32 Å². The van der Waals surface area contributed by atoms with Gasteiger partial charge in [-0.15, -0.1) is 12.8 Å². The van der Waals surface area contributed by atoms with Gasteiger partial charge in [-0.2, -0.15) is 0 Å². The molecule has 0 bridgehead atoms. The van der Waals surface area contributed by atoms with Crippen LogP contribution in [0.5, 0.6) is 0 Å². The number of carbonyl (C=O) groups excluding carboxylic acids is 1. The highest BCUT2D eigenvalue weighted by Gasteiger charge is 2.30. The van der Waals surface area contributed by atoms with E-state index in [0.717, 1.165) is 18.5 Å². The maximum Gasteiger partial charge on any atom is 0.337 e. The molecule has 0 aromatic heterocycles. The fourth-order valence-corrected chi connectivity index (χ4v) is 5.30. The lowest BCUT2D eigenvalue weighted by Crippen LogP contribution is -2.26. The molecular weight excluding hydrogens is 532 g/mol. The first kappa shape index (κ1) is 27.9. The highest BCUT2D eigenvalue weighted by Crippen LogP contribution is 2.29. The zero-order valence-corrected chi connectivity index (χ0v) is 21.9. The molecule has 184 valence electrons. The monoisotopic (exact) mass is 558 g/mol. The number of anilines is 1. The highest BCUT2D eigenvalue weighted by molar-refractivity contribution is 9.10. The fourth-order valence-electron chi connectivity index (χ4n) is 3.37. The van der Waals surface area contributed by atoms with E-state index in [1.54, 1.807) is 6.07 Å². The Bertz CT molecular complexity index is 1280. The molecule has 0 radical (unpaired) electrons. The van der Waals surface area contributed by atoms with Crippen LogP contribution in [0.25, 0.3) is 0 Å². The number of terminal acetylenes is 1. The van der Waals surface area contributed by atoms with Gasteiger partial charge in [0.05, 0.1) is 16.1 Å². The summed E-state index contributed by atoms with van der Waals surface area (Å²) in [5, 5.41) is 11.9. The Hall–Kier alpha value is -3.35. The fraction of sp³-hybridized carbons (Fsp3) is 0.231. The zero-order valence-electron chi connectivity index (χ0n) is 19.5. The summed E-state index contributed by atoms with van der Waals surface area (Å²) in [5.41, 5.74) is 2.22. The van der Waals surface area contributed by atoms with E-state index in [1.165, 1.54) is 46.3 Å². The molecule has 1 aliphatic rings. The molecule has 1 amide bonds. The van der Waals surface area contributed by atoms with Crippen LogP contribution in [0.15, 0.2) is 75.3 Å². The van der Waals surface area contributed by atoms with Gasteiger partial charge in [0, 0.05) is 22.3 Å². The summed E-state index contributed by atoms with van der Waals surface area (Å²) in [6, 6.07) is 10.1. The van der Waals surface area contributed by atoms with Crippen molar-refractivity contribution < 1.29 is 23.1 Å². The summed E-state index contributed by atoms with van der Waals surface area (Å²) >= 11 is 3.21. The first-order valence-electron chi connectivity index (χ1n) is 10.8. The molecular formula is C26H27BrN2O5S. The second kappa shape index (κ2) is 12.4. The molecule has 7 nitrogen and oxygen atoms in total. The number of hydrogen-bond acceptors (Lipinski definition) is 4. The normalized spacial score (nSPS) is 14.8. The Morgan fingerprint density at radius 1 is 1.17 bits per heavy atom. The van der Waals surface area contributed by atoms with E-state index in [0.29, 0.717) is 17.4 Å². The lowest BCUT2D eigenvalue weighted by atomic mass is 10.1. The van der Waals surface area contributed by atoms with Crippen molar-refractivity contribution in [1.29, 1.82) is 0 Å². The number of sulfonamides is 1. The Labute approximate surface area is 214 Å². The number of aromatic carboxylic acids is 1. The first-order valence-corrected chi connectivity index (χ1v) is 13.0. The smallest absolute Gasteiger partial charge is 0.337 e. The van der Waals surface area contributed by atoms with E-state index in [9.17, 15) is 23.1 Å². The predicted molar refractivity (Wildman–Crippen MR) is 141 cm³/mol. The Morgan fingerprint density at radius 2 is 1.83 bits per heavy atom. The van der Waals surface area contributed by atoms with Crippen LogP contribution in [0.3, 0.4) is 0 Å². The number of nitrogens with one attached hydrogen (secondary N) is 1. The van der Waals surface area contributed by atoms with Crippen LogP contribution in [-0.2, 0) is 10.0 Å². The number of amides is 1. The van der Waals surface area contributed by atoms with Crippen LogP contribution >= 0.6 is 15.9 Å². The number of carboxylic acids is 1. The molecule has 1 aliphatic heterocycles. The second-order valence-electron chi connectivity index (χ2n) is 7.68. The summed E-state index contributed by atoms with van der Waals surface area (Å²) in [7, 11) is -3.75. The van der Waals surface area contributed by atoms with E-state index < -0.39 is 21.9 Å². The van der Waals surface area contributed by atoms with E-state index in [-0.39, 0.29) is 21.7 Å². The zero-order chi connectivity index (χ0) is 26.2. The summed E-state index contributed by atoms with van der Waals surface area (Å²) < 4.78 is 28.3. The van der Waals surface area contributed by atoms with Crippen molar-refractivity contribution in [1.82, 2.24) is 4.31 Å². The topological polar surface area (TPSA) is 104 Å².